The highest BCUT2D eigenvalue weighted by Gasteiger charge is 2.36. The summed E-state index contributed by atoms with van der Waals surface area (Å²) in [6.45, 7) is 7.90. The Morgan fingerprint density at radius 2 is 1.09 bits per heavy atom. The van der Waals surface area contributed by atoms with Crippen molar-refractivity contribution in [1.82, 2.24) is 0 Å². The Morgan fingerprint density at radius 1 is 0.697 bits per heavy atom. The third-order valence-corrected chi connectivity index (χ3v) is 5.88. The molecule has 0 spiro atoms. The predicted octanol–water partition coefficient (Wildman–Crippen LogP) is 5.22. The summed E-state index contributed by atoms with van der Waals surface area (Å²) < 4.78 is 15.7. The van der Waals surface area contributed by atoms with Crippen LogP contribution in [0.25, 0.3) is 0 Å². The minimum atomic E-state index is -1.34. The fourth-order valence-corrected chi connectivity index (χ4v) is 3.16. The van der Waals surface area contributed by atoms with Gasteiger partial charge in [0, 0.05) is 7.11 Å². The molecule has 33 heavy (non-hydrogen) atoms. The van der Waals surface area contributed by atoms with E-state index in [1.165, 1.54) is 0 Å². The molecule has 0 saturated heterocycles. The lowest BCUT2D eigenvalue weighted by Gasteiger charge is -2.27. The van der Waals surface area contributed by atoms with E-state index in [9.17, 15) is 14.7 Å². The number of benzene rings is 2. The van der Waals surface area contributed by atoms with Gasteiger partial charge in [-0.05, 0) is 36.8 Å². The molecule has 1 N–H and O–H groups in total. The summed E-state index contributed by atoms with van der Waals surface area (Å²) in [7, 11) is 1.55. The van der Waals surface area contributed by atoms with E-state index in [2.05, 4.69) is 0 Å². The molecule has 0 aliphatic carbocycles. The molecule has 2 rings (SSSR count). The average Bonchev–Trinajstić information content (AvgIpc) is 2.88. The fraction of sp³-hybridized carbons (Fsp3) is 0.481. The second-order valence-corrected chi connectivity index (χ2v) is 7.77. The van der Waals surface area contributed by atoms with Crippen LogP contribution in [-0.2, 0) is 37.0 Å². The molecule has 6 nitrogen and oxygen atoms in total. The van der Waals surface area contributed by atoms with Crippen LogP contribution >= 0.6 is 0 Å². The monoisotopic (exact) mass is 458 g/mol. The van der Waals surface area contributed by atoms with Gasteiger partial charge in [-0.2, -0.15) is 0 Å². The molecule has 182 valence electrons. The SMILES string of the molecule is CCC(CC)(OC)C(=O)OCc1ccccc1.CCC(O)(CC)C(=O)OCc1ccccc1. The summed E-state index contributed by atoms with van der Waals surface area (Å²) >= 11 is 0. The van der Waals surface area contributed by atoms with Gasteiger partial charge in [0.25, 0.3) is 0 Å². The van der Waals surface area contributed by atoms with Crippen molar-refractivity contribution in [1.29, 1.82) is 0 Å². The minimum Gasteiger partial charge on any atom is -0.459 e. The molecule has 2 aromatic carbocycles. The normalized spacial score (nSPS) is 11.2. The molecule has 0 radical (unpaired) electrons. The first kappa shape index (κ1) is 28.3. The van der Waals surface area contributed by atoms with Gasteiger partial charge in [0.15, 0.2) is 11.2 Å². The van der Waals surface area contributed by atoms with Gasteiger partial charge >= 0.3 is 11.9 Å². The van der Waals surface area contributed by atoms with Crippen molar-refractivity contribution >= 4 is 11.9 Å². The number of rotatable bonds is 11. The van der Waals surface area contributed by atoms with Crippen molar-refractivity contribution in [2.45, 2.75) is 77.8 Å². The predicted molar refractivity (Wildman–Crippen MR) is 128 cm³/mol. The molecule has 0 amide bonds. The van der Waals surface area contributed by atoms with E-state index in [1.807, 2.05) is 74.5 Å². The van der Waals surface area contributed by atoms with Crippen molar-refractivity contribution in [3.63, 3.8) is 0 Å². The number of esters is 2. The number of ether oxygens (including phenoxy) is 3. The molecule has 0 aliphatic heterocycles. The fourth-order valence-electron chi connectivity index (χ4n) is 3.16. The Morgan fingerprint density at radius 3 is 1.42 bits per heavy atom. The van der Waals surface area contributed by atoms with Crippen molar-refractivity contribution in [2.24, 2.45) is 0 Å². The first-order valence-electron chi connectivity index (χ1n) is 11.5. The van der Waals surface area contributed by atoms with Gasteiger partial charge in [0.2, 0.25) is 0 Å². The maximum Gasteiger partial charge on any atom is 0.338 e. The van der Waals surface area contributed by atoms with Gasteiger partial charge in [-0.1, -0.05) is 88.4 Å². The van der Waals surface area contributed by atoms with Crippen LogP contribution < -0.4 is 0 Å². The summed E-state index contributed by atoms with van der Waals surface area (Å²) in [5.74, 6) is -0.824. The zero-order valence-electron chi connectivity index (χ0n) is 20.5. The number of methoxy groups -OCH3 is 1. The molecule has 0 heterocycles. The Kier molecular flexibility index (Phi) is 12.4. The van der Waals surface area contributed by atoms with Crippen LogP contribution in [0.15, 0.2) is 60.7 Å². The van der Waals surface area contributed by atoms with Crippen LogP contribution in [-0.4, -0.2) is 35.4 Å². The van der Waals surface area contributed by atoms with E-state index in [0.717, 1.165) is 11.1 Å². The molecule has 0 fully saturated rings. The number of aliphatic hydroxyl groups is 1. The van der Waals surface area contributed by atoms with Gasteiger partial charge in [-0.15, -0.1) is 0 Å². The van der Waals surface area contributed by atoms with Crippen LogP contribution in [0.5, 0.6) is 0 Å². The number of carbonyl (C=O) groups excluding carboxylic acids is 2. The molecular formula is C27H38O6. The smallest absolute Gasteiger partial charge is 0.338 e. The lowest BCUT2D eigenvalue weighted by molar-refractivity contribution is -0.171. The standard InChI is InChI=1S/C14H20O3.C13H18O3/c1-4-14(5-2,16-3)13(15)17-11-12-9-7-6-8-10-12;1-3-13(15,4-2)12(14)16-10-11-8-6-5-7-9-11/h6-10H,4-5,11H2,1-3H3;5-9,15H,3-4,10H2,1-2H3. The van der Waals surface area contributed by atoms with Crippen molar-refractivity contribution in [3.05, 3.63) is 71.8 Å². The average molecular weight is 459 g/mol. The molecule has 0 aromatic heterocycles. The van der Waals surface area contributed by atoms with E-state index < -0.39 is 17.2 Å². The summed E-state index contributed by atoms with van der Waals surface area (Å²) in [6.07, 6.45) is 1.98. The number of hydrogen-bond acceptors (Lipinski definition) is 6. The number of carbonyl (C=O) groups is 2. The van der Waals surface area contributed by atoms with Crippen LogP contribution in [0.3, 0.4) is 0 Å². The molecule has 0 bridgehead atoms. The van der Waals surface area contributed by atoms with Crippen molar-refractivity contribution in [2.75, 3.05) is 7.11 Å². The Balaban J connectivity index is 0.000000331. The second kappa shape index (κ2) is 14.4. The summed E-state index contributed by atoms with van der Waals surface area (Å²) in [5.41, 5.74) is -0.229. The highest BCUT2D eigenvalue weighted by Crippen LogP contribution is 2.22. The molecule has 0 atom stereocenters. The zero-order chi connectivity index (χ0) is 24.7. The maximum atomic E-state index is 12.0. The molecule has 6 heteroatoms. The van der Waals surface area contributed by atoms with E-state index >= 15 is 0 Å². The highest BCUT2D eigenvalue weighted by molar-refractivity contribution is 5.79. The van der Waals surface area contributed by atoms with Crippen LogP contribution in [0.2, 0.25) is 0 Å². The first-order chi connectivity index (χ1) is 15.8. The van der Waals surface area contributed by atoms with E-state index in [4.69, 9.17) is 14.2 Å². The van der Waals surface area contributed by atoms with E-state index in [-0.39, 0.29) is 12.6 Å². The van der Waals surface area contributed by atoms with E-state index in [0.29, 0.717) is 32.3 Å². The maximum absolute atomic E-state index is 12.0. The van der Waals surface area contributed by atoms with E-state index in [1.54, 1.807) is 21.0 Å². The Bertz CT molecular complexity index is 803. The summed E-state index contributed by atoms with van der Waals surface area (Å²) in [4.78, 5) is 23.6. The Hall–Kier alpha value is -2.70. The van der Waals surface area contributed by atoms with Crippen LogP contribution in [0.1, 0.15) is 64.5 Å². The Labute approximate surface area is 197 Å². The lowest BCUT2D eigenvalue weighted by atomic mass is 9.97. The minimum absolute atomic E-state index is 0.210. The quantitative estimate of drug-likeness (QED) is 0.465. The molecule has 0 saturated carbocycles. The van der Waals surface area contributed by atoms with Crippen molar-refractivity contribution in [3.8, 4) is 0 Å². The van der Waals surface area contributed by atoms with Crippen LogP contribution in [0, 0.1) is 0 Å². The molecule has 0 aliphatic rings. The van der Waals surface area contributed by atoms with Gasteiger partial charge < -0.3 is 19.3 Å². The molecule has 2 aromatic rings. The molecule has 0 unspecified atom stereocenters. The third kappa shape index (κ3) is 8.63. The second-order valence-electron chi connectivity index (χ2n) is 7.77. The van der Waals surface area contributed by atoms with Crippen LogP contribution in [0.4, 0.5) is 0 Å². The van der Waals surface area contributed by atoms with Gasteiger partial charge in [-0.25, -0.2) is 9.59 Å². The summed E-state index contributed by atoms with van der Waals surface area (Å²) in [6, 6.07) is 19.1. The van der Waals surface area contributed by atoms with Gasteiger partial charge in [0.05, 0.1) is 0 Å². The first-order valence-corrected chi connectivity index (χ1v) is 11.5. The highest BCUT2D eigenvalue weighted by atomic mass is 16.6. The molecular weight excluding hydrogens is 420 g/mol. The van der Waals surface area contributed by atoms with Crippen molar-refractivity contribution < 1.29 is 28.9 Å². The zero-order valence-corrected chi connectivity index (χ0v) is 20.5. The largest absolute Gasteiger partial charge is 0.459 e. The summed E-state index contributed by atoms with van der Waals surface area (Å²) in [5, 5.41) is 9.90. The number of hydrogen-bond donors (Lipinski definition) is 1. The lowest BCUT2D eigenvalue weighted by Crippen LogP contribution is -2.40. The topological polar surface area (TPSA) is 82.1 Å². The third-order valence-electron chi connectivity index (χ3n) is 5.88. The van der Waals surface area contributed by atoms with Gasteiger partial charge in [0.1, 0.15) is 13.2 Å². The van der Waals surface area contributed by atoms with Gasteiger partial charge in [-0.3, -0.25) is 0 Å².